The fourth-order valence-corrected chi connectivity index (χ4v) is 1.85. The van der Waals surface area contributed by atoms with Crippen molar-refractivity contribution in [1.82, 2.24) is 4.90 Å². The highest BCUT2D eigenvalue weighted by molar-refractivity contribution is 5.77. The van der Waals surface area contributed by atoms with Gasteiger partial charge in [-0.1, -0.05) is 32.1 Å². The fraction of sp³-hybridized carbons (Fsp3) is 0.438. The Balaban J connectivity index is 2.83. The number of carbonyl (C=O) groups excluding carboxylic acids is 1. The summed E-state index contributed by atoms with van der Waals surface area (Å²) in [6.45, 7) is 3.52. The van der Waals surface area contributed by atoms with E-state index in [1.54, 1.807) is 40.1 Å². The van der Waals surface area contributed by atoms with Crippen LogP contribution in [0, 0.1) is 17.0 Å². The third kappa shape index (κ3) is 4.63. The lowest BCUT2D eigenvalue weighted by Gasteiger charge is -2.27. The number of nitrogens with zero attached hydrogens (tertiary/aromatic N) is 1. The molecule has 0 aliphatic heterocycles. The molecule has 1 aromatic rings. The molecule has 0 spiro atoms. The third-order valence-electron chi connectivity index (χ3n) is 3.30. The SMILES string of the molecule is CN(C)C(=O)C/C=C/C(C)(C)[C@@H](O)c1ccc(F)c(F)c1. The molecule has 0 bridgehead atoms. The lowest BCUT2D eigenvalue weighted by molar-refractivity contribution is -0.127. The molecule has 0 aliphatic carbocycles. The van der Waals surface area contributed by atoms with Gasteiger partial charge >= 0.3 is 0 Å². The average Bonchev–Trinajstić information content (AvgIpc) is 2.40. The smallest absolute Gasteiger partial charge is 0.225 e. The van der Waals surface area contributed by atoms with Gasteiger partial charge in [-0.05, 0) is 17.7 Å². The first-order valence-electron chi connectivity index (χ1n) is 6.66. The Morgan fingerprint density at radius 2 is 1.95 bits per heavy atom. The topological polar surface area (TPSA) is 40.5 Å². The number of carbonyl (C=O) groups is 1. The molecule has 1 atom stereocenters. The second-order valence-corrected chi connectivity index (χ2v) is 5.79. The van der Waals surface area contributed by atoms with Crippen molar-refractivity contribution in [1.29, 1.82) is 0 Å². The van der Waals surface area contributed by atoms with Gasteiger partial charge < -0.3 is 10.0 Å². The van der Waals surface area contributed by atoms with Gasteiger partial charge in [-0.25, -0.2) is 8.78 Å². The summed E-state index contributed by atoms with van der Waals surface area (Å²) in [7, 11) is 3.33. The molecule has 3 nitrogen and oxygen atoms in total. The first-order valence-corrected chi connectivity index (χ1v) is 6.66. The van der Waals surface area contributed by atoms with Gasteiger partial charge in [0, 0.05) is 25.9 Å². The summed E-state index contributed by atoms with van der Waals surface area (Å²) in [6.07, 6.45) is 2.60. The van der Waals surface area contributed by atoms with Gasteiger partial charge in [-0.3, -0.25) is 4.79 Å². The molecule has 0 saturated carbocycles. The average molecular weight is 297 g/mol. The van der Waals surface area contributed by atoms with Crippen LogP contribution in [0.3, 0.4) is 0 Å². The number of hydrogen-bond acceptors (Lipinski definition) is 2. The van der Waals surface area contributed by atoms with Gasteiger partial charge in [-0.2, -0.15) is 0 Å². The Morgan fingerprint density at radius 1 is 1.33 bits per heavy atom. The van der Waals surface area contributed by atoms with Crippen molar-refractivity contribution in [2.24, 2.45) is 5.41 Å². The maximum absolute atomic E-state index is 13.2. The van der Waals surface area contributed by atoms with Crippen LogP contribution in [0.5, 0.6) is 0 Å². The summed E-state index contributed by atoms with van der Waals surface area (Å²) >= 11 is 0. The third-order valence-corrected chi connectivity index (χ3v) is 3.30. The Labute approximate surface area is 123 Å². The number of halogens is 2. The van der Waals surface area contributed by atoms with Gasteiger partial charge in [0.1, 0.15) is 0 Å². The highest BCUT2D eigenvalue weighted by atomic mass is 19.2. The van der Waals surface area contributed by atoms with Crippen molar-refractivity contribution in [3.8, 4) is 0 Å². The molecule has 1 amide bonds. The van der Waals surface area contributed by atoms with Crippen molar-refractivity contribution in [2.45, 2.75) is 26.4 Å². The molecular formula is C16H21F2NO2. The van der Waals surface area contributed by atoms with Crippen LogP contribution in [0.1, 0.15) is 31.9 Å². The van der Waals surface area contributed by atoms with E-state index < -0.39 is 23.2 Å². The summed E-state index contributed by atoms with van der Waals surface area (Å²) < 4.78 is 26.1. The summed E-state index contributed by atoms with van der Waals surface area (Å²) in [5.74, 6) is -1.99. The van der Waals surface area contributed by atoms with E-state index in [-0.39, 0.29) is 12.3 Å². The molecule has 0 unspecified atom stereocenters. The summed E-state index contributed by atoms with van der Waals surface area (Å²) in [6, 6.07) is 3.33. The Kier molecular flexibility index (Phi) is 5.61. The monoisotopic (exact) mass is 297 g/mol. The Morgan fingerprint density at radius 3 is 2.48 bits per heavy atom. The quantitative estimate of drug-likeness (QED) is 0.849. The van der Waals surface area contributed by atoms with E-state index in [0.29, 0.717) is 5.56 Å². The zero-order valence-corrected chi connectivity index (χ0v) is 12.7. The number of amides is 1. The minimum absolute atomic E-state index is 0.0515. The number of aliphatic hydroxyl groups excluding tert-OH is 1. The van der Waals surface area contributed by atoms with Gasteiger partial charge in [0.2, 0.25) is 5.91 Å². The zero-order valence-electron chi connectivity index (χ0n) is 12.7. The van der Waals surface area contributed by atoms with Crippen LogP contribution in [0.25, 0.3) is 0 Å². The largest absolute Gasteiger partial charge is 0.388 e. The van der Waals surface area contributed by atoms with Crippen LogP contribution >= 0.6 is 0 Å². The van der Waals surface area contributed by atoms with Gasteiger partial charge in [0.25, 0.3) is 0 Å². The van der Waals surface area contributed by atoms with Gasteiger partial charge in [0.05, 0.1) is 6.10 Å². The lowest BCUT2D eigenvalue weighted by Crippen LogP contribution is -2.22. The second-order valence-electron chi connectivity index (χ2n) is 5.79. The van der Waals surface area contributed by atoms with Crippen molar-refractivity contribution in [3.05, 3.63) is 47.5 Å². The molecule has 0 aliphatic rings. The molecule has 1 N–H and O–H groups in total. The number of rotatable bonds is 5. The van der Waals surface area contributed by atoms with Crippen LogP contribution in [0.15, 0.2) is 30.4 Å². The Bertz CT molecular complexity index is 539. The molecule has 1 aromatic carbocycles. The first kappa shape index (κ1) is 17.3. The van der Waals surface area contributed by atoms with Crippen LogP contribution in [-0.2, 0) is 4.79 Å². The molecule has 0 heterocycles. The molecule has 0 saturated heterocycles. The summed E-state index contributed by atoms with van der Waals surface area (Å²) in [5.41, 5.74) is -0.417. The minimum Gasteiger partial charge on any atom is -0.388 e. The fourth-order valence-electron chi connectivity index (χ4n) is 1.85. The van der Waals surface area contributed by atoms with Gasteiger partial charge in [0.15, 0.2) is 11.6 Å². The number of hydrogen-bond donors (Lipinski definition) is 1. The predicted octanol–water partition coefficient (Wildman–Crippen LogP) is 3.06. The molecule has 21 heavy (non-hydrogen) atoms. The maximum Gasteiger partial charge on any atom is 0.225 e. The van der Waals surface area contributed by atoms with E-state index in [1.807, 2.05) is 0 Å². The van der Waals surface area contributed by atoms with Crippen molar-refractivity contribution >= 4 is 5.91 Å². The van der Waals surface area contributed by atoms with Crippen LogP contribution in [0.2, 0.25) is 0 Å². The van der Waals surface area contributed by atoms with Crippen molar-refractivity contribution < 1.29 is 18.7 Å². The number of benzene rings is 1. The van der Waals surface area contributed by atoms with E-state index >= 15 is 0 Å². The molecule has 1 rings (SSSR count). The predicted molar refractivity (Wildman–Crippen MR) is 77.5 cm³/mol. The molecule has 5 heteroatoms. The van der Waals surface area contributed by atoms with Crippen LogP contribution in [0.4, 0.5) is 8.78 Å². The molecule has 0 fully saturated rings. The number of aliphatic hydroxyl groups is 1. The highest BCUT2D eigenvalue weighted by Crippen LogP contribution is 2.35. The second kappa shape index (κ2) is 6.80. The molecule has 116 valence electrons. The first-order chi connectivity index (χ1) is 9.65. The van der Waals surface area contributed by atoms with E-state index in [1.165, 1.54) is 11.0 Å². The highest BCUT2D eigenvalue weighted by Gasteiger charge is 2.27. The lowest BCUT2D eigenvalue weighted by atomic mass is 9.82. The van der Waals surface area contributed by atoms with Crippen LogP contribution in [-0.4, -0.2) is 30.0 Å². The molecular weight excluding hydrogens is 276 g/mol. The van der Waals surface area contributed by atoms with Crippen molar-refractivity contribution in [3.63, 3.8) is 0 Å². The van der Waals surface area contributed by atoms with E-state index in [9.17, 15) is 18.7 Å². The molecule has 0 radical (unpaired) electrons. The minimum atomic E-state index is -1.00. The zero-order chi connectivity index (χ0) is 16.2. The van der Waals surface area contributed by atoms with Gasteiger partial charge in [-0.15, -0.1) is 0 Å². The maximum atomic E-state index is 13.2. The van der Waals surface area contributed by atoms with E-state index in [2.05, 4.69) is 0 Å². The Hall–Kier alpha value is -1.75. The summed E-state index contributed by atoms with van der Waals surface area (Å²) in [5, 5.41) is 10.3. The van der Waals surface area contributed by atoms with E-state index in [0.717, 1.165) is 12.1 Å². The standard InChI is InChI=1S/C16H21F2NO2/c1-16(2,9-5-6-14(20)19(3)4)15(21)11-7-8-12(17)13(18)10-11/h5,7-10,15,21H,6H2,1-4H3/b9-5+/t15-/m0/s1. The van der Waals surface area contributed by atoms with E-state index in [4.69, 9.17) is 0 Å². The normalized spacial score (nSPS) is 13.5. The summed E-state index contributed by atoms with van der Waals surface area (Å²) in [4.78, 5) is 12.9. The van der Waals surface area contributed by atoms with Crippen LogP contribution < -0.4 is 0 Å². The van der Waals surface area contributed by atoms with Crippen molar-refractivity contribution in [2.75, 3.05) is 14.1 Å². The molecule has 0 aromatic heterocycles.